The van der Waals surface area contributed by atoms with Crippen molar-refractivity contribution in [3.63, 3.8) is 0 Å². The monoisotopic (exact) mass is 238 g/mol. The summed E-state index contributed by atoms with van der Waals surface area (Å²) in [6, 6.07) is 3.42. The molecule has 1 rings (SSSR count). The Morgan fingerprint density at radius 2 is 2.24 bits per heavy atom. The normalized spacial score (nSPS) is 11.7. The number of aromatic nitrogens is 1. The highest BCUT2D eigenvalue weighted by molar-refractivity contribution is 5.54. The first-order chi connectivity index (χ1) is 7.95. The Morgan fingerprint density at radius 3 is 2.76 bits per heavy atom. The van der Waals surface area contributed by atoms with Crippen molar-refractivity contribution >= 4 is 12.0 Å². The molecule has 0 aliphatic carbocycles. The summed E-state index contributed by atoms with van der Waals surface area (Å²) in [5.74, 6) is 11.3. The molecule has 6 N–H and O–H groups in total. The molecule has 0 aromatic carbocycles. The Bertz CT molecular complexity index is 375. The van der Waals surface area contributed by atoms with E-state index in [9.17, 15) is 0 Å². The Morgan fingerprint density at radius 1 is 1.53 bits per heavy atom. The molecule has 0 bridgehead atoms. The molecule has 0 amide bonds. The van der Waals surface area contributed by atoms with Crippen molar-refractivity contribution in [3.05, 3.63) is 18.3 Å². The highest BCUT2D eigenvalue weighted by atomic mass is 16.5. The average molecular weight is 238 g/mol. The molecule has 0 atom stereocenters. The molecule has 0 saturated heterocycles. The van der Waals surface area contributed by atoms with E-state index < -0.39 is 5.54 Å². The van der Waals surface area contributed by atoms with Gasteiger partial charge in [0.05, 0.1) is 17.4 Å². The summed E-state index contributed by atoms with van der Waals surface area (Å²) >= 11 is 0. The fraction of sp³-hybridized carbons (Fsp3) is 0.400. The molecule has 0 unspecified atom stereocenters. The predicted molar refractivity (Wildman–Crippen MR) is 66.9 cm³/mol. The van der Waals surface area contributed by atoms with Crippen LogP contribution in [0.2, 0.25) is 0 Å². The van der Waals surface area contributed by atoms with Gasteiger partial charge in [-0.05, 0) is 19.9 Å². The lowest BCUT2D eigenvalue weighted by Crippen LogP contribution is -2.51. The van der Waals surface area contributed by atoms with Crippen LogP contribution in [0, 0.1) is 0 Å². The van der Waals surface area contributed by atoms with Gasteiger partial charge in [0.25, 0.3) is 0 Å². The first-order valence-corrected chi connectivity index (χ1v) is 5.07. The van der Waals surface area contributed by atoms with E-state index in [4.69, 9.17) is 22.2 Å². The molecule has 0 fully saturated rings. The van der Waals surface area contributed by atoms with Crippen molar-refractivity contribution < 1.29 is 4.74 Å². The van der Waals surface area contributed by atoms with Crippen molar-refractivity contribution in [3.8, 4) is 5.88 Å². The fourth-order valence-corrected chi connectivity index (χ4v) is 1.03. The fourth-order valence-electron chi connectivity index (χ4n) is 1.03. The summed E-state index contributed by atoms with van der Waals surface area (Å²) in [5, 5.41) is 4.74. The van der Waals surface area contributed by atoms with Crippen LogP contribution in [0.25, 0.3) is 0 Å². The van der Waals surface area contributed by atoms with Gasteiger partial charge >= 0.3 is 0 Å². The minimum Gasteiger partial charge on any atom is -0.475 e. The lowest BCUT2D eigenvalue weighted by atomic mass is 10.1. The average Bonchev–Trinajstić information content (AvgIpc) is 2.29. The minimum atomic E-state index is -0.452. The molecule has 0 saturated carbocycles. The van der Waals surface area contributed by atoms with E-state index in [1.165, 1.54) is 17.5 Å². The number of rotatable bonds is 5. The van der Waals surface area contributed by atoms with Crippen LogP contribution in [-0.4, -0.2) is 28.5 Å². The molecular formula is C10H18N6O. The molecule has 0 aliphatic rings. The molecule has 1 heterocycles. The summed E-state index contributed by atoms with van der Waals surface area (Å²) in [7, 11) is 0. The van der Waals surface area contributed by atoms with Gasteiger partial charge in [-0.15, -0.1) is 0 Å². The summed E-state index contributed by atoms with van der Waals surface area (Å²) in [6.45, 7) is 4.13. The van der Waals surface area contributed by atoms with Crippen LogP contribution >= 0.6 is 0 Å². The third-order valence-electron chi connectivity index (χ3n) is 2.22. The van der Waals surface area contributed by atoms with Crippen LogP contribution in [0.3, 0.4) is 0 Å². The Labute approximate surface area is 100 Å². The van der Waals surface area contributed by atoms with E-state index in [0.717, 1.165) is 0 Å². The molecule has 0 radical (unpaired) electrons. The summed E-state index contributed by atoms with van der Waals surface area (Å²) in [4.78, 5) is 4.02. The number of pyridine rings is 1. The number of nitrogens with zero attached hydrogens (tertiary/aromatic N) is 3. The standard InChI is InChI=1S/C10H18N6O/c1-10(2,16(13)7-15-12)6-17-9-4-3-8(11)5-14-9/h3-5,7H,6,11-13H2,1-2H3/b15-7-. The second-order valence-electron chi connectivity index (χ2n) is 4.20. The van der Waals surface area contributed by atoms with Gasteiger partial charge in [0.15, 0.2) is 0 Å². The maximum absolute atomic E-state index is 5.73. The maximum atomic E-state index is 5.73. The zero-order chi connectivity index (χ0) is 12.9. The van der Waals surface area contributed by atoms with E-state index in [-0.39, 0.29) is 0 Å². The first kappa shape index (κ1) is 13.0. The van der Waals surface area contributed by atoms with Crippen LogP contribution in [-0.2, 0) is 0 Å². The van der Waals surface area contributed by atoms with Crippen molar-refractivity contribution in [2.45, 2.75) is 19.4 Å². The lowest BCUT2D eigenvalue weighted by Gasteiger charge is -2.32. The quantitative estimate of drug-likeness (QED) is 0.285. The summed E-state index contributed by atoms with van der Waals surface area (Å²) < 4.78 is 5.50. The molecule has 0 aliphatic heterocycles. The first-order valence-electron chi connectivity index (χ1n) is 5.07. The Hall–Kier alpha value is -2.02. The van der Waals surface area contributed by atoms with E-state index in [0.29, 0.717) is 18.2 Å². The van der Waals surface area contributed by atoms with Crippen LogP contribution in [0.1, 0.15) is 13.8 Å². The van der Waals surface area contributed by atoms with Gasteiger partial charge in [-0.2, -0.15) is 5.10 Å². The van der Waals surface area contributed by atoms with Crippen molar-refractivity contribution in [1.82, 2.24) is 9.99 Å². The van der Waals surface area contributed by atoms with E-state index in [1.807, 2.05) is 13.8 Å². The minimum absolute atomic E-state index is 0.340. The lowest BCUT2D eigenvalue weighted by molar-refractivity contribution is 0.128. The number of nitrogens with two attached hydrogens (primary N) is 3. The Kier molecular flexibility index (Phi) is 4.11. The molecule has 1 aromatic rings. The maximum Gasteiger partial charge on any atom is 0.213 e. The molecular weight excluding hydrogens is 220 g/mol. The van der Waals surface area contributed by atoms with Gasteiger partial charge in [0.2, 0.25) is 5.88 Å². The second-order valence-corrected chi connectivity index (χ2v) is 4.20. The molecule has 7 heteroatoms. The number of anilines is 1. The second kappa shape index (κ2) is 5.35. The van der Waals surface area contributed by atoms with Gasteiger partial charge in [-0.25, -0.2) is 10.8 Å². The van der Waals surface area contributed by atoms with Gasteiger partial charge in [0, 0.05) is 6.07 Å². The van der Waals surface area contributed by atoms with Crippen LogP contribution in [0.5, 0.6) is 5.88 Å². The van der Waals surface area contributed by atoms with Crippen LogP contribution in [0.4, 0.5) is 5.69 Å². The van der Waals surface area contributed by atoms with Gasteiger partial charge in [-0.3, -0.25) is 5.01 Å². The zero-order valence-electron chi connectivity index (χ0n) is 10.00. The van der Waals surface area contributed by atoms with Crippen molar-refractivity contribution in [2.75, 3.05) is 12.3 Å². The molecule has 1 aromatic heterocycles. The number of hydrazine groups is 1. The summed E-state index contributed by atoms with van der Waals surface area (Å²) in [6.07, 6.45) is 2.86. The Balaban J connectivity index is 2.57. The largest absolute Gasteiger partial charge is 0.475 e. The SMILES string of the molecule is CC(C)(COc1ccc(N)cn1)N(N)/C=N\N. The smallest absolute Gasteiger partial charge is 0.213 e. The van der Waals surface area contributed by atoms with E-state index in [1.54, 1.807) is 12.1 Å². The predicted octanol–water partition coefficient (Wildman–Crippen LogP) is -0.101. The number of nitrogen functional groups attached to an aromatic ring is 1. The number of hydrogen-bond donors (Lipinski definition) is 3. The number of ether oxygens (including phenoxy) is 1. The van der Waals surface area contributed by atoms with Crippen molar-refractivity contribution in [1.29, 1.82) is 0 Å². The van der Waals surface area contributed by atoms with Gasteiger partial charge < -0.3 is 16.3 Å². The molecule has 0 spiro atoms. The third-order valence-corrected chi connectivity index (χ3v) is 2.22. The van der Waals surface area contributed by atoms with Crippen LogP contribution < -0.4 is 22.2 Å². The van der Waals surface area contributed by atoms with E-state index in [2.05, 4.69) is 10.1 Å². The van der Waals surface area contributed by atoms with Gasteiger partial charge in [-0.1, -0.05) is 0 Å². The molecule has 17 heavy (non-hydrogen) atoms. The van der Waals surface area contributed by atoms with Crippen LogP contribution in [0.15, 0.2) is 23.4 Å². The number of hydrazone groups is 1. The highest BCUT2D eigenvalue weighted by Crippen LogP contribution is 2.13. The topological polar surface area (TPSA) is 116 Å². The van der Waals surface area contributed by atoms with Gasteiger partial charge in [0.1, 0.15) is 12.9 Å². The van der Waals surface area contributed by atoms with E-state index >= 15 is 0 Å². The molecule has 7 nitrogen and oxygen atoms in total. The van der Waals surface area contributed by atoms with Crippen molar-refractivity contribution in [2.24, 2.45) is 16.8 Å². The summed E-state index contributed by atoms with van der Waals surface area (Å²) in [5.41, 5.74) is 5.66. The third kappa shape index (κ3) is 3.80. The molecule has 94 valence electrons. The zero-order valence-corrected chi connectivity index (χ0v) is 10.00. The highest BCUT2D eigenvalue weighted by Gasteiger charge is 2.23. The number of hydrogen-bond acceptors (Lipinski definition) is 6.